The average Bonchev–Trinajstić information content (AvgIpc) is 3.14. The Labute approximate surface area is 146 Å². The van der Waals surface area contributed by atoms with Crippen molar-refractivity contribution in [2.45, 2.75) is 13.8 Å². The molecule has 0 spiro atoms. The second-order valence-electron chi connectivity index (χ2n) is 4.97. The van der Waals surface area contributed by atoms with Gasteiger partial charge in [-0.1, -0.05) is 29.5 Å². The lowest BCUT2D eigenvalue weighted by atomic mass is 10.3. The largest absolute Gasteiger partial charge is 0.320 e. The van der Waals surface area contributed by atoms with Crippen molar-refractivity contribution >= 4 is 45.3 Å². The molecule has 0 bridgehead atoms. The maximum absolute atomic E-state index is 12.3. The number of hydrogen-bond acceptors (Lipinski definition) is 6. The van der Waals surface area contributed by atoms with Gasteiger partial charge in [-0.3, -0.25) is 9.59 Å². The number of thiazole rings is 2. The molecule has 0 aliphatic heterocycles. The number of carbonyl (C=O) groups excluding carboxylic acids is 2. The predicted molar refractivity (Wildman–Crippen MR) is 96.7 cm³/mol. The van der Waals surface area contributed by atoms with E-state index in [2.05, 4.69) is 20.6 Å². The fraction of sp³-hybridized carbons (Fsp3) is 0.125. The molecule has 2 aromatic heterocycles. The van der Waals surface area contributed by atoms with E-state index in [1.54, 1.807) is 0 Å². The lowest BCUT2D eigenvalue weighted by Crippen LogP contribution is -2.11. The number of para-hydroxylation sites is 1. The highest BCUT2D eigenvalue weighted by Crippen LogP contribution is 2.33. The van der Waals surface area contributed by atoms with E-state index in [-0.39, 0.29) is 11.8 Å². The Kier molecular flexibility index (Phi) is 4.68. The number of benzene rings is 1. The molecule has 0 saturated carbocycles. The predicted octanol–water partition coefficient (Wildman–Crippen LogP) is 3.79. The smallest absolute Gasteiger partial charge is 0.284 e. The fourth-order valence-corrected chi connectivity index (χ4v) is 3.78. The zero-order valence-electron chi connectivity index (χ0n) is 13.0. The summed E-state index contributed by atoms with van der Waals surface area (Å²) >= 11 is 2.61. The first kappa shape index (κ1) is 16.3. The number of aryl methyl sites for hydroxylation is 1. The van der Waals surface area contributed by atoms with Crippen LogP contribution in [0.3, 0.4) is 0 Å². The molecule has 122 valence electrons. The van der Waals surface area contributed by atoms with Crippen molar-refractivity contribution in [1.82, 2.24) is 9.97 Å². The molecule has 0 unspecified atom stereocenters. The van der Waals surface area contributed by atoms with Crippen LogP contribution in [0, 0.1) is 6.92 Å². The molecule has 2 N–H and O–H groups in total. The molecule has 24 heavy (non-hydrogen) atoms. The van der Waals surface area contributed by atoms with E-state index in [1.165, 1.54) is 29.6 Å². The van der Waals surface area contributed by atoms with Crippen molar-refractivity contribution in [3.8, 4) is 10.6 Å². The van der Waals surface area contributed by atoms with Gasteiger partial charge in [0.15, 0.2) is 10.1 Å². The van der Waals surface area contributed by atoms with Crippen molar-refractivity contribution in [3.05, 3.63) is 46.4 Å². The van der Waals surface area contributed by atoms with E-state index >= 15 is 0 Å². The van der Waals surface area contributed by atoms with Gasteiger partial charge in [0.1, 0.15) is 0 Å². The maximum atomic E-state index is 12.3. The Morgan fingerprint density at radius 2 is 1.83 bits per heavy atom. The first-order valence-electron chi connectivity index (χ1n) is 7.10. The Morgan fingerprint density at radius 1 is 1.08 bits per heavy atom. The Bertz CT molecular complexity index is 887. The third kappa shape index (κ3) is 3.66. The molecule has 0 aliphatic carbocycles. The zero-order chi connectivity index (χ0) is 17.1. The molecule has 0 atom stereocenters. The summed E-state index contributed by atoms with van der Waals surface area (Å²) in [5, 5.41) is 8.19. The molecule has 0 radical (unpaired) electrons. The van der Waals surface area contributed by atoms with Crippen molar-refractivity contribution in [2.24, 2.45) is 0 Å². The number of anilines is 2. The Balaban J connectivity index is 1.79. The first-order chi connectivity index (χ1) is 11.5. The normalized spacial score (nSPS) is 10.4. The van der Waals surface area contributed by atoms with Crippen LogP contribution in [0.25, 0.3) is 10.6 Å². The summed E-state index contributed by atoms with van der Waals surface area (Å²) in [4.78, 5) is 32.9. The van der Waals surface area contributed by atoms with Gasteiger partial charge in [0.05, 0.1) is 16.3 Å². The molecule has 0 saturated heterocycles. The summed E-state index contributed by atoms with van der Waals surface area (Å²) in [5.41, 5.74) is 2.18. The SMILES string of the molecule is CC(=O)Nc1nc(C)c(-c2csc(C(=O)Nc3ccccc3)n2)s1. The van der Waals surface area contributed by atoms with Gasteiger partial charge in [0.2, 0.25) is 5.91 Å². The molecule has 3 aromatic rings. The number of aromatic nitrogens is 2. The molecule has 8 heteroatoms. The van der Waals surface area contributed by atoms with Gasteiger partial charge in [0.25, 0.3) is 5.91 Å². The van der Waals surface area contributed by atoms with Crippen molar-refractivity contribution in [1.29, 1.82) is 0 Å². The third-order valence-corrected chi connectivity index (χ3v) is 4.98. The number of nitrogens with zero attached hydrogens (tertiary/aromatic N) is 2. The lowest BCUT2D eigenvalue weighted by Gasteiger charge is -2.01. The van der Waals surface area contributed by atoms with E-state index < -0.39 is 0 Å². The van der Waals surface area contributed by atoms with Crippen LogP contribution in [-0.2, 0) is 4.79 Å². The zero-order valence-corrected chi connectivity index (χ0v) is 14.6. The number of nitrogens with one attached hydrogen (secondary N) is 2. The molecule has 2 heterocycles. The molecule has 0 fully saturated rings. The minimum atomic E-state index is -0.248. The highest BCUT2D eigenvalue weighted by atomic mass is 32.1. The average molecular weight is 358 g/mol. The highest BCUT2D eigenvalue weighted by molar-refractivity contribution is 7.19. The van der Waals surface area contributed by atoms with Crippen LogP contribution in [0.1, 0.15) is 22.4 Å². The van der Waals surface area contributed by atoms with Gasteiger partial charge in [-0.25, -0.2) is 9.97 Å². The Morgan fingerprint density at radius 3 is 2.54 bits per heavy atom. The van der Waals surface area contributed by atoms with Crippen LogP contribution in [0.2, 0.25) is 0 Å². The van der Waals surface area contributed by atoms with Crippen LogP contribution >= 0.6 is 22.7 Å². The quantitative estimate of drug-likeness (QED) is 0.743. The van der Waals surface area contributed by atoms with Crippen LogP contribution in [-0.4, -0.2) is 21.8 Å². The van der Waals surface area contributed by atoms with Crippen LogP contribution in [0.5, 0.6) is 0 Å². The second kappa shape index (κ2) is 6.90. The van der Waals surface area contributed by atoms with Crippen LogP contribution < -0.4 is 10.6 Å². The van der Waals surface area contributed by atoms with Crippen molar-refractivity contribution in [2.75, 3.05) is 10.6 Å². The summed E-state index contributed by atoms with van der Waals surface area (Å²) in [6, 6.07) is 9.23. The molecule has 0 aliphatic rings. The van der Waals surface area contributed by atoms with Gasteiger partial charge in [-0.15, -0.1) is 11.3 Å². The number of hydrogen-bond donors (Lipinski definition) is 2. The van der Waals surface area contributed by atoms with Crippen molar-refractivity contribution < 1.29 is 9.59 Å². The summed E-state index contributed by atoms with van der Waals surface area (Å²) in [6.07, 6.45) is 0. The minimum absolute atomic E-state index is 0.170. The molecule has 2 amide bonds. The van der Waals surface area contributed by atoms with Gasteiger partial charge in [-0.05, 0) is 19.1 Å². The third-order valence-electron chi connectivity index (χ3n) is 3.04. The van der Waals surface area contributed by atoms with E-state index in [0.29, 0.717) is 15.8 Å². The first-order valence-corrected chi connectivity index (χ1v) is 8.80. The molecule has 3 rings (SSSR count). The van der Waals surface area contributed by atoms with Gasteiger partial charge in [0, 0.05) is 18.0 Å². The van der Waals surface area contributed by atoms with E-state index in [1.807, 2.05) is 42.6 Å². The molecule has 6 nitrogen and oxygen atoms in total. The topological polar surface area (TPSA) is 84.0 Å². The molecule has 1 aromatic carbocycles. The van der Waals surface area contributed by atoms with E-state index in [9.17, 15) is 9.59 Å². The van der Waals surface area contributed by atoms with E-state index in [0.717, 1.165) is 16.3 Å². The van der Waals surface area contributed by atoms with Gasteiger partial charge < -0.3 is 10.6 Å². The summed E-state index contributed by atoms with van der Waals surface area (Å²) in [6.45, 7) is 3.28. The maximum Gasteiger partial charge on any atom is 0.284 e. The van der Waals surface area contributed by atoms with Crippen molar-refractivity contribution in [3.63, 3.8) is 0 Å². The van der Waals surface area contributed by atoms with Crippen LogP contribution in [0.4, 0.5) is 10.8 Å². The monoisotopic (exact) mass is 358 g/mol. The lowest BCUT2D eigenvalue weighted by molar-refractivity contribution is -0.114. The van der Waals surface area contributed by atoms with Crippen LogP contribution in [0.15, 0.2) is 35.7 Å². The van der Waals surface area contributed by atoms with Gasteiger partial charge >= 0.3 is 0 Å². The molecular weight excluding hydrogens is 344 g/mol. The number of carbonyl (C=O) groups is 2. The van der Waals surface area contributed by atoms with E-state index in [4.69, 9.17) is 0 Å². The second-order valence-corrected chi connectivity index (χ2v) is 6.83. The summed E-state index contributed by atoms with van der Waals surface area (Å²) < 4.78 is 0. The standard InChI is InChI=1S/C16H14N4O2S2/c1-9-13(24-16(17-9)18-10(2)21)12-8-23-15(20-12)14(22)19-11-6-4-3-5-7-11/h3-8H,1-2H3,(H,19,22)(H,17,18,21). The summed E-state index contributed by atoms with van der Waals surface area (Å²) in [5.74, 6) is -0.418. The fourth-order valence-electron chi connectivity index (χ4n) is 2.03. The number of amides is 2. The highest BCUT2D eigenvalue weighted by Gasteiger charge is 2.17. The number of rotatable bonds is 4. The minimum Gasteiger partial charge on any atom is -0.320 e. The molecular formula is C16H14N4O2S2. The summed E-state index contributed by atoms with van der Waals surface area (Å²) in [7, 11) is 0. The Hall–Kier alpha value is -2.58. The van der Waals surface area contributed by atoms with Gasteiger partial charge in [-0.2, -0.15) is 0 Å².